The fraction of sp³-hybridized carbons (Fsp3) is 0.294. The normalized spacial score (nSPS) is 11.1. The van der Waals surface area contributed by atoms with Gasteiger partial charge in [0.1, 0.15) is 17.3 Å². The molecule has 7 heteroatoms. The molecule has 0 unspecified atom stereocenters. The van der Waals surface area contributed by atoms with Crippen molar-refractivity contribution in [3.63, 3.8) is 0 Å². The summed E-state index contributed by atoms with van der Waals surface area (Å²) in [6.07, 6.45) is 0. The molecule has 3 aromatic rings. The van der Waals surface area contributed by atoms with E-state index in [9.17, 15) is 4.79 Å². The van der Waals surface area contributed by atoms with Crippen LogP contribution in [0.15, 0.2) is 10.6 Å². The van der Waals surface area contributed by atoms with Crippen molar-refractivity contribution in [3.8, 4) is 16.9 Å². The van der Waals surface area contributed by atoms with Crippen LogP contribution in [0.2, 0.25) is 0 Å². The second-order valence-electron chi connectivity index (χ2n) is 5.57. The first-order chi connectivity index (χ1) is 11.4. The van der Waals surface area contributed by atoms with Gasteiger partial charge < -0.3 is 19.6 Å². The van der Waals surface area contributed by atoms with Crippen molar-refractivity contribution in [1.82, 2.24) is 10.1 Å². The van der Waals surface area contributed by atoms with Crippen LogP contribution >= 0.6 is 0 Å². The lowest BCUT2D eigenvalue weighted by molar-refractivity contribution is 0.102. The minimum Gasteiger partial charge on any atom is -0.496 e. The molecule has 0 fully saturated rings. The molecule has 24 heavy (non-hydrogen) atoms. The third-order valence-corrected chi connectivity index (χ3v) is 4.10. The van der Waals surface area contributed by atoms with Gasteiger partial charge in [-0.15, -0.1) is 0 Å². The molecule has 0 spiro atoms. The summed E-state index contributed by atoms with van der Waals surface area (Å²) in [4.78, 5) is 14.9. The zero-order chi connectivity index (χ0) is 17.6. The summed E-state index contributed by atoms with van der Waals surface area (Å²) in [5.41, 5.74) is 2.02. The number of hydrogen-bond acceptors (Lipinski definition) is 5. The molecule has 126 valence electrons. The van der Waals surface area contributed by atoms with Gasteiger partial charge in [0.15, 0.2) is 11.6 Å². The molecule has 1 aromatic carbocycles. The third-order valence-electron chi connectivity index (χ3n) is 4.10. The number of Topliss-reactive ketones (excluding diaryl/α,β-unsaturated/α-hetero) is 1. The van der Waals surface area contributed by atoms with E-state index in [0.29, 0.717) is 39.5 Å². The molecule has 0 bridgehead atoms. The predicted molar refractivity (Wildman–Crippen MR) is 89.3 cm³/mol. The van der Waals surface area contributed by atoms with Gasteiger partial charge in [-0.05, 0) is 26.8 Å². The molecule has 0 saturated carbocycles. The second kappa shape index (κ2) is 5.67. The highest BCUT2D eigenvalue weighted by molar-refractivity contribution is 6.13. The number of methoxy groups -OCH3 is 1. The maximum atomic E-state index is 15.3. The summed E-state index contributed by atoms with van der Waals surface area (Å²) in [5.74, 6) is 0.601. The number of aromatic nitrogens is 2. The average molecular weight is 331 g/mol. The quantitative estimate of drug-likeness (QED) is 0.710. The zero-order valence-electron chi connectivity index (χ0n) is 14.1. The van der Waals surface area contributed by atoms with Gasteiger partial charge in [-0.1, -0.05) is 5.16 Å². The topological polar surface area (TPSA) is 80.2 Å². The first-order valence-corrected chi connectivity index (χ1v) is 7.44. The number of nitrogens with one attached hydrogen (secondary N) is 2. The number of H-pyrrole nitrogens is 1. The molecule has 2 N–H and O–H groups in total. The highest BCUT2D eigenvalue weighted by Crippen LogP contribution is 2.42. The van der Waals surface area contributed by atoms with Gasteiger partial charge in [-0.3, -0.25) is 4.79 Å². The van der Waals surface area contributed by atoms with Gasteiger partial charge in [0.2, 0.25) is 0 Å². The fourth-order valence-electron chi connectivity index (χ4n) is 3.06. The lowest BCUT2D eigenvalue weighted by Gasteiger charge is -2.11. The molecule has 0 saturated heterocycles. The Balaban J connectivity index is 2.45. The van der Waals surface area contributed by atoms with Crippen LogP contribution in [0, 0.1) is 19.7 Å². The molecule has 2 heterocycles. The number of fused-ring (bicyclic) bond motifs is 1. The van der Waals surface area contributed by atoms with E-state index >= 15 is 4.39 Å². The Labute approximate surface area is 138 Å². The van der Waals surface area contributed by atoms with Gasteiger partial charge in [-0.2, -0.15) is 0 Å². The molecule has 0 aliphatic heterocycles. The summed E-state index contributed by atoms with van der Waals surface area (Å²) in [7, 11) is 3.13. The number of rotatable bonds is 4. The van der Waals surface area contributed by atoms with Crippen LogP contribution in [0.3, 0.4) is 0 Å². The summed E-state index contributed by atoms with van der Waals surface area (Å²) in [6, 6.07) is 1.66. The van der Waals surface area contributed by atoms with Crippen LogP contribution in [0.25, 0.3) is 22.0 Å². The molecule has 0 atom stereocenters. The van der Waals surface area contributed by atoms with Crippen LogP contribution < -0.4 is 10.1 Å². The van der Waals surface area contributed by atoms with Crippen LogP contribution in [-0.4, -0.2) is 30.1 Å². The molecule has 0 aliphatic carbocycles. The zero-order valence-corrected chi connectivity index (χ0v) is 14.1. The molecule has 6 nitrogen and oxygen atoms in total. The van der Waals surface area contributed by atoms with Crippen LogP contribution in [0.4, 0.5) is 10.2 Å². The number of anilines is 1. The highest BCUT2D eigenvalue weighted by atomic mass is 19.1. The monoisotopic (exact) mass is 331 g/mol. The summed E-state index contributed by atoms with van der Waals surface area (Å²) >= 11 is 0. The third kappa shape index (κ3) is 2.16. The lowest BCUT2D eigenvalue weighted by Crippen LogP contribution is -1.98. The Morgan fingerprint density at radius 1 is 1.38 bits per heavy atom. The standard InChI is InChI=1S/C17H18FN3O3/c1-7-12(9(3)24-21-7)14-11(23-5)6-10-13(8(2)22)17(19-4)20-16(10)15(14)18/h6,19-20H,1-5H3. The molecule has 0 radical (unpaired) electrons. The summed E-state index contributed by atoms with van der Waals surface area (Å²) in [5, 5.41) is 7.24. The number of halogens is 1. The molecule has 3 rings (SSSR count). The Hall–Kier alpha value is -2.83. The number of carbonyl (C=O) groups excluding carboxylic acids is 1. The van der Waals surface area contributed by atoms with E-state index in [-0.39, 0.29) is 16.9 Å². The fourth-order valence-corrected chi connectivity index (χ4v) is 3.06. The number of ketones is 1. The number of carbonyl (C=O) groups is 1. The SMILES string of the molecule is CNc1[nH]c2c(F)c(-c3c(C)noc3C)c(OC)cc2c1C(C)=O. The molecular weight excluding hydrogens is 313 g/mol. The summed E-state index contributed by atoms with van der Waals surface area (Å²) in [6.45, 7) is 4.90. The van der Waals surface area contributed by atoms with Gasteiger partial charge in [0.05, 0.1) is 35.0 Å². The maximum Gasteiger partial charge on any atom is 0.164 e. The van der Waals surface area contributed by atoms with Crippen molar-refractivity contribution in [2.75, 3.05) is 19.5 Å². The number of ether oxygens (including phenoxy) is 1. The second-order valence-corrected chi connectivity index (χ2v) is 5.57. The number of hydrogen-bond donors (Lipinski definition) is 2. The number of benzene rings is 1. The smallest absolute Gasteiger partial charge is 0.164 e. The highest BCUT2D eigenvalue weighted by Gasteiger charge is 2.26. The molecular formula is C17H18FN3O3. The van der Waals surface area contributed by atoms with Crippen molar-refractivity contribution >= 4 is 22.5 Å². The van der Waals surface area contributed by atoms with E-state index in [2.05, 4.69) is 15.5 Å². The Kier molecular flexibility index (Phi) is 3.79. The minimum atomic E-state index is -0.511. The maximum absolute atomic E-state index is 15.3. The van der Waals surface area contributed by atoms with E-state index in [4.69, 9.17) is 9.26 Å². The van der Waals surface area contributed by atoms with E-state index in [1.54, 1.807) is 27.0 Å². The summed E-state index contributed by atoms with van der Waals surface area (Å²) < 4.78 is 25.9. The number of aromatic amines is 1. The van der Waals surface area contributed by atoms with Crippen molar-refractivity contribution in [3.05, 3.63) is 28.9 Å². The van der Waals surface area contributed by atoms with Gasteiger partial charge >= 0.3 is 0 Å². The predicted octanol–water partition coefficient (Wildman–Crippen LogP) is 3.83. The number of aryl methyl sites for hydroxylation is 2. The van der Waals surface area contributed by atoms with E-state index in [1.165, 1.54) is 14.0 Å². The van der Waals surface area contributed by atoms with Gasteiger partial charge in [-0.25, -0.2) is 4.39 Å². The van der Waals surface area contributed by atoms with Crippen molar-refractivity contribution in [1.29, 1.82) is 0 Å². The van der Waals surface area contributed by atoms with Gasteiger partial charge in [0.25, 0.3) is 0 Å². The molecule has 2 aromatic heterocycles. The van der Waals surface area contributed by atoms with Crippen LogP contribution in [0.1, 0.15) is 28.7 Å². The van der Waals surface area contributed by atoms with E-state index < -0.39 is 5.82 Å². The van der Waals surface area contributed by atoms with E-state index in [0.717, 1.165) is 0 Å². The van der Waals surface area contributed by atoms with Crippen molar-refractivity contribution in [2.24, 2.45) is 0 Å². The Bertz CT molecular complexity index is 937. The lowest BCUT2D eigenvalue weighted by atomic mass is 9.99. The largest absolute Gasteiger partial charge is 0.496 e. The van der Waals surface area contributed by atoms with Crippen molar-refractivity contribution < 1.29 is 18.4 Å². The average Bonchev–Trinajstić information content (AvgIpc) is 3.08. The minimum absolute atomic E-state index is 0.169. The van der Waals surface area contributed by atoms with Crippen LogP contribution in [0.5, 0.6) is 5.75 Å². The van der Waals surface area contributed by atoms with Crippen molar-refractivity contribution in [2.45, 2.75) is 20.8 Å². The molecule has 0 aliphatic rings. The number of nitrogens with zero attached hydrogens (tertiary/aromatic N) is 1. The van der Waals surface area contributed by atoms with E-state index in [1.807, 2.05) is 0 Å². The first kappa shape index (κ1) is 16.0. The Morgan fingerprint density at radius 3 is 2.58 bits per heavy atom. The Morgan fingerprint density at radius 2 is 2.08 bits per heavy atom. The first-order valence-electron chi connectivity index (χ1n) is 7.44. The van der Waals surface area contributed by atoms with Gasteiger partial charge in [0, 0.05) is 12.4 Å². The van der Waals surface area contributed by atoms with Crippen LogP contribution in [-0.2, 0) is 0 Å². The molecule has 0 amide bonds.